The molecule has 3 rings (SSSR count). The zero-order valence-electron chi connectivity index (χ0n) is 11.9. The number of ether oxygens (including phenoxy) is 1. The Labute approximate surface area is 137 Å². The standard InChI is InChI=1S/C15H15BrClN3O/c1-20-6-5-9-7-10(3-4-12(9)20)15-18-11(8-21-2)13(16)14(17)19-15/h3-4,7H,5-6,8H2,1-2H3. The van der Waals surface area contributed by atoms with Gasteiger partial charge in [0.05, 0.1) is 16.8 Å². The highest BCUT2D eigenvalue weighted by Gasteiger charge is 2.18. The minimum Gasteiger partial charge on any atom is -0.378 e. The Morgan fingerprint density at radius 3 is 2.95 bits per heavy atom. The molecule has 1 aliphatic heterocycles. The Hall–Kier alpha value is -1.17. The van der Waals surface area contributed by atoms with E-state index in [4.69, 9.17) is 16.3 Å². The number of rotatable bonds is 3. The number of fused-ring (bicyclic) bond motifs is 1. The third-order valence-electron chi connectivity index (χ3n) is 3.63. The molecule has 1 aromatic heterocycles. The predicted octanol–water partition coefficient (Wildman–Crippen LogP) is 3.70. The second-order valence-corrected chi connectivity index (χ2v) is 6.20. The fraction of sp³-hybridized carbons (Fsp3) is 0.333. The fourth-order valence-electron chi connectivity index (χ4n) is 2.53. The Balaban J connectivity index is 2.05. The summed E-state index contributed by atoms with van der Waals surface area (Å²) in [7, 11) is 3.74. The van der Waals surface area contributed by atoms with Crippen molar-refractivity contribution in [3.05, 3.63) is 39.1 Å². The van der Waals surface area contributed by atoms with Crippen LogP contribution in [0, 0.1) is 0 Å². The van der Waals surface area contributed by atoms with Crippen LogP contribution in [0.5, 0.6) is 0 Å². The minimum atomic E-state index is 0.392. The summed E-state index contributed by atoms with van der Waals surface area (Å²) in [6.07, 6.45) is 1.05. The van der Waals surface area contributed by atoms with Gasteiger partial charge in [-0.1, -0.05) is 11.6 Å². The van der Waals surface area contributed by atoms with Gasteiger partial charge in [0.25, 0.3) is 0 Å². The number of halogens is 2. The van der Waals surface area contributed by atoms with Crippen molar-refractivity contribution in [1.82, 2.24) is 9.97 Å². The predicted molar refractivity (Wildman–Crippen MR) is 87.9 cm³/mol. The van der Waals surface area contributed by atoms with Gasteiger partial charge in [-0.25, -0.2) is 9.97 Å². The van der Waals surface area contributed by atoms with Gasteiger partial charge in [0.15, 0.2) is 5.82 Å². The molecule has 1 aromatic carbocycles. The number of likely N-dealkylation sites (N-methyl/N-ethyl adjacent to an activating group) is 1. The first kappa shape index (κ1) is 14.8. The molecule has 2 heterocycles. The van der Waals surface area contributed by atoms with Crippen molar-refractivity contribution in [2.24, 2.45) is 0 Å². The maximum atomic E-state index is 6.18. The van der Waals surface area contributed by atoms with E-state index in [2.05, 4.69) is 50.0 Å². The van der Waals surface area contributed by atoms with Crippen LogP contribution in [0.1, 0.15) is 11.3 Å². The van der Waals surface area contributed by atoms with Crippen molar-refractivity contribution in [3.8, 4) is 11.4 Å². The number of aromatic nitrogens is 2. The summed E-state index contributed by atoms with van der Waals surface area (Å²) in [6, 6.07) is 6.30. The van der Waals surface area contributed by atoms with Gasteiger partial charge in [-0.15, -0.1) is 0 Å². The molecule has 2 aromatic rings. The van der Waals surface area contributed by atoms with Gasteiger partial charge in [-0.3, -0.25) is 0 Å². The molecule has 0 N–H and O–H groups in total. The van der Waals surface area contributed by atoms with E-state index in [1.165, 1.54) is 11.3 Å². The second kappa shape index (κ2) is 5.91. The fourth-order valence-corrected chi connectivity index (χ4v) is 3.01. The third kappa shape index (κ3) is 2.78. The SMILES string of the molecule is COCc1nc(-c2ccc3c(c2)CCN3C)nc(Cl)c1Br. The zero-order chi connectivity index (χ0) is 15.0. The average molecular weight is 369 g/mol. The van der Waals surface area contributed by atoms with Gasteiger partial charge in [0, 0.05) is 32.0 Å². The van der Waals surface area contributed by atoms with Crippen molar-refractivity contribution in [2.45, 2.75) is 13.0 Å². The molecule has 0 fully saturated rings. The van der Waals surface area contributed by atoms with Crippen LogP contribution in [-0.2, 0) is 17.8 Å². The van der Waals surface area contributed by atoms with E-state index in [-0.39, 0.29) is 0 Å². The van der Waals surface area contributed by atoms with Crippen LogP contribution in [0.15, 0.2) is 22.7 Å². The number of anilines is 1. The first-order valence-corrected chi connectivity index (χ1v) is 7.82. The molecule has 110 valence electrons. The lowest BCUT2D eigenvalue weighted by Gasteiger charge is -2.12. The molecular weight excluding hydrogens is 354 g/mol. The topological polar surface area (TPSA) is 38.2 Å². The largest absolute Gasteiger partial charge is 0.378 e. The minimum absolute atomic E-state index is 0.392. The highest BCUT2D eigenvalue weighted by molar-refractivity contribution is 9.10. The normalized spacial score (nSPS) is 13.6. The molecule has 21 heavy (non-hydrogen) atoms. The van der Waals surface area contributed by atoms with E-state index >= 15 is 0 Å². The summed E-state index contributed by atoms with van der Waals surface area (Å²) in [4.78, 5) is 11.2. The van der Waals surface area contributed by atoms with Gasteiger partial charge >= 0.3 is 0 Å². The van der Waals surface area contributed by atoms with Crippen molar-refractivity contribution < 1.29 is 4.74 Å². The molecule has 0 unspecified atom stereocenters. The smallest absolute Gasteiger partial charge is 0.161 e. The number of hydrogen-bond donors (Lipinski definition) is 0. The molecule has 0 spiro atoms. The maximum absolute atomic E-state index is 6.18. The average Bonchev–Trinajstić information content (AvgIpc) is 2.85. The summed E-state index contributed by atoms with van der Waals surface area (Å²) in [6.45, 7) is 1.44. The van der Waals surface area contributed by atoms with Gasteiger partial charge < -0.3 is 9.64 Å². The lowest BCUT2D eigenvalue weighted by atomic mass is 10.1. The van der Waals surface area contributed by atoms with Crippen LogP contribution in [0.4, 0.5) is 5.69 Å². The molecule has 0 bridgehead atoms. The maximum Gasteiger partial charge on any atom is 0.161 e. The summed E-state index contributed by atoms with van der Waals surface area (Å²) >= 11 is 9.59. The zero-order valence-corrected chi connectivity index (χ0v) is 14.2. The first-order chi connectivity index (χ1) is 10.1. The van der Waals surface area contributed by atoms with Crippen LogP contribution < -0.4 is 4.90 Å². The lowest BCUT2D eigenvalue weighted by molar-refractivity contribution is 0.181. The molecule has 0 saturated carbocycles. The molecular formula is C15H15BrClN3O. The third-order valence-corrected chi connectivity index (χ3v) is 4.96. The number of benzene rings is 1. The van der Waals surface area contributed by atoms with Crippen LogP contribution in [0.2, 0.25) is 5.15 Å². The number of methoxy groups -OCH3 is 1. The van der Waals surface area contributed by atoms with Crippen molar-refractivity contribution in [1.29, 1.82) is 0 Å². The Morgan fingerprint density at radius 2 is 2.19 bits per heavy atom. The van der Waals surface area contributed by atoms with Crippen LogP contribution in [0.25, 0.3) is 11.4 Å². The quantitative estimate of drug-likeness (QED) is 0.774. The number of hydrogen-bond acceptors (Lipinski definition) is 4. The Kier molecular flexibility index (Phi) is 4.15. The van der Waals surface area contributed by atoms with Crippen LogP contribution in [-0.4, -0.2) is 30.7 Å². The molecule has 0 amide bonds. The summed E-state index contributed by atoms with van der Waals surface area (Å²) < 4.78 is 5.85. The van der Waals surface area contributed by atoms with E-state index in [0.717, 1.165) is 24.2 Å². The number of nitrogens with zero attached hydrogens (tertiary/aromatic N) is 3. The molecule has 0 radical (unpaired) electrons. The highest BCUT2D eigenvalue weighted by Crippen LogP contribution is 2.32. The van der Waals surface area contributed by atoms with E-state index in [1.54, 1.807) is 7.11 Å². The molecule has 1 aliphatic rings. The Morgan fingerprint density at radius 1 is 1.38 bits per heavy atom. The van der Waals surface area contributed by atoms with Crippen molar-refractivity contribution >= 4 is 33.2 Å². The summed E-state index contributed by atoms with van der Waals surface area (Å²) in [5, 5.41) is 0.407. The first-order valence-electron chi connectivity index (χ1n) is 6.65. The highest BCUT2D eigenvalue weighted by atomic mass is 79.9. The van der Waals surface area contributed by atoms with E-state index in [9.17, 15) is 0 Å². The summed E-state index contributed by atoms with van der Waals surface area (Å²) in [5.74, 6) is 0.632. The molecule has 0 saturated heterocycles. The van der Waals surface area contributed by atoms with Crippen molar-refractivity contribution in [2.75, 3.05) is 25.6 Å². The van der Waals surface area contributed by atoms with Crippen molar-refractivity contribution in [3.63, 3.8) is 0 Å². The van der Waals surface area contributed by atoms with E-state index in [0.29, 0.717) is 22.1 Å². The molecule has 4 nitrogen and oxygen atoms in total. The van der Waals surface area contributed by atoms with Gasteiger partial charge in [-0.2, -0.15) is 0 Å². The lowest BCUT2D eigenvalue weighted by Crippen LogP contribution is -2.12. The van der Waals surface area contributed by atoms with E-state index < -0.39 is 0 Å². The molecule has 6 heteroatoms. The Bertz CT molecular complexity index is 693. The second-order valence-electron chi connectivity index (χ2n) is 5.05. The molecule has 0 atom stereocenters. The van der Waals surface area contributed by atoms with E-state index in [1.807, 2.05) is 6.07 Å². The monoisotopic (exact) mass is 367 g/mol. The van der Waals surface area contributed by atoms with Crippen LogP contribution in [0.3, 0.4) is 0 Å². The van der Waals surface area contributed by atoms with Crippen LogP contribution >= 0.6 is 27.5 Å². The summed E-state index contributed by atoms with van der Waals surface area (Å²) in [5.41, 5.74) is 4.34. The molecule has 0 aliphatic carbocycles. The van der Waals surface area contributed by atoms with Gasteiger partial charge in [0.2, 0.25) is 0 Å². The van der Waals surface area contributed by atoms with Gasteiger partial charge in [0.1, 0.15) is 5.15 Å². The van der Waals surface area contributed by atoms with Gasteiger partial charge in [-0.05, 0) is 46.1 Å².